The fourth-order valence-corrected chi connectivity index (χ4v) is 3.07. The predicted octanol–water partition coefficient (Wildman–Crippen LogP) is 3.37. The van der Waals surface area contributed by atoms with Crippen LogP contribution in [0.1, 0.15) is 45.1 Å². The molecule has 1 aliphatic rings. The van der Waals surface area contributed by atoms with Crippen LogP contribution in [-0.2, 0) is 4.79 Å². The molecule has 0 saturated heterocycles. The molecule has 3 unspecified atom stereocenters. The van der Waals surface area contributed by atoms with Crippen molar-refractivity contribution in [1.82, 2.24) is 5.32 Å². The average Bonchev–Trinajstić information content (AvgIpc) is 3.21. The molecule has 1 saturated carbocycles. The molecule has 0 heterocycles. The molecule has 23 heavy (non-hydrogen) atoms. The summed E-state index contributed by atoms with van der Waals surface area (Å²) in [4.78, 5) is 12.4. The zero-order valence-electron chi connectivity index (χ0n) is 13.7. The van der Waals surface area contributed by atoms with Crippen molar-refractivity contribution in [2.75, 3.05) is 6.54 Å². The number of rotatable bonds is 6. The molecule has 3 atom stereocenters. The summed E-state index contributed by atoms with van der Waals surface area (Å²) in [5.74, 6) is -1.56. The van der Waals surface area contributed by atoms with E-state index in [2.05, 4.69) is 19.2 Å². The zero-order valence-corrected chi connectivity index (χ0v) is 14.6. The zero-order chi connectivity index (χ0) is 16.5. The van der Waals surface area contributed by atoms with Gasteiger partial charge in [0.25, 0.3) is 0 Å². The summed E-state index contributed by atoms with van der Waals surface area (Å²) in [5, 5.41) is 3.03. The quantitative estimate of drug-likeness (QED) is 0.829. The largest absolute Gasteiger partial charge is 0.349 e. The number of carbonyl (C=O) groups is 1. The molecule has 0 aliphatic heterocycles. The highest BCUT2D eigenvalue weighted by Gasteiger charge is 2.45. The number of benzene rings is 1. The Hall–Kier alpha value is -1.20. The van der Waals surface area contributed by atoms with Gasteiger partial charge in [0, 0.05) is 18.0 Å². The molecule has 1 amide bonds. The third-order valence-corrected chi connectivity index (χ3v) is 4.23. The van der Waals surface area contributed by atoms with Crippen molar-refractivity contribution >= 4 is 18.3 Å². The van der Waals surface area contributed by atoms with Crippen LogP contribution in [0.4, 0.5) is 8.78 Å². The van der Waals surface area contributed by atoms with Gasteiger partial charge in [-0.05, 0) is 49.3 Å². The Morgan fingerprint density at radius 2 is 2.04 bits per heavy atom. The molecule has 1 aliphatic carbocycles. The molecular formula is C17H25ClF2N2O. The summed E-state index contributed by atoms with van der Waals surface area (Å²) in [7, 11) is 0. The monoisotopic (exact) mass is 346 g/mol. The van der Waals surface area contributed by atoms with Gasteiger partial charge in [-0.15, -0.1) is 12.4 Å². The van der Waals surface area contributed by atoms with Crippen LogP contribution < -0.4 is 11.1 Å². The van der Waals surface area contributed by atoms with Crippen molar-refractivity contribution < 1.29 is 13.6 Å². The molecule has 2 rings (SSSR count). The van der Waals surface area contributed by atoms with Gasteiger partial charge in [-0.1, -0.05) is 19.9 Å². The minimum Gasteiger partial charge on any atom is -0.349 e. The van der Waals surface area contributed by atoms with E-state index in [0.717, 1.165) is 12.5 Å². The van der Waals surface area contributed by atoms with Crippen LogP contribution in [0.15, 0.2) is 18.2 Å². The topological polar surface area (TPSA) is 55.1 Å². The van der Waals surface area contributed by atoms with Crippen LogP contribution in [0.5, 0.6) is 0 Å². The normalized spacial score (nSPS) is 22.2. The molecule has 1 fully saturated rings. The molecule has 1 aromatic carbocycles. The van der Waals surface area contributed by atoms with Crippen molar-refractivity contribution in [3.05, 3.63) is 35.4 Å². The average molecular weight is 347 g/mol. The maximum Gasteiger partial charge on any atom is 0.224 e. The third-order valence-electron chi connectivity index (χ3n) is 4.23. The van der Waals surface area contributed by atoms with E-state index >= 15 is 0 Å². The highest BCUT2D eigenvalue weighted by atomic mass is 35.5. The SMILES string of the molecule is CC(C)CC(C)(CN)NC(=O)C1CC1c1ccc(F)c(F)c1.Cl. The van der Waals surface area contributed by atoms with E-state index in [4.69, 9.17) is 5.73 Å². The number of nitrogens with two attached hydrogens (primary N) is 1. The van der Waals surface area contributed by atoms with Crippen molar-refractivity contribution in [3.63, 3.8) is 0 Å². The van der Waals surface area contributed by atoms with E-state index in [1.807, 2.05) is 6.92 Å². The van der Waals surface area contributed by atoms with E-state index in [1.165, 1.54) is 6.07 Å². The standard InChI is InChI=1S/C17H24F2N2O.ClH/c1-10(2)8-17(3,9-20)21-16(22)13-7-12(13)11-4-5-14(18)15(19)6-11;/h4-6,10,12-13H,7-9,20H2,1-3H3,(H,21,22);1H. The molecule has 0 radical (unpaired) electrons. The Morgan fingerprint density at radius 1 is 1.39 bits per heavy atom. The van der Waals surface area contributed by atoms with Crippen molar-refractivity contribution in [1.29, 1.82) is 0 Å². The summed E-state index contributed by atoms with van der Waals surface area (Å²) in [6.07, 6.45) is 1.47. The van der Waals surface area contributed by atoms with Crippen molar-refractivity contribution in [3.8, 4) is 0 Å². The highest BCUT2D eigenvalue weighted by Crippen LogP contribution is 2.48. The Labute approximate surface area is 142 Å². The lowest BCUT2D eigenvalue weighted by Crippen LogP contribution is -2.52. The smallest absolute Gasteiger partial charge is 0.224 e. The molecule has 130 valence electrons. The van der Waals surface area contributed by atoms with Gasteiger partial charge in [0.15, 0.2) is 11.6 Å². The second-order valence-corrected chi connectivity index (χ2v) is 6.97. The predicted molar refractivity (Wildman–Crippen MR) is 89.5 cm³/mol. The van der Waals surface area contributed by atoms with E-state index in [9.17, 15) is 13.6 Å². The minimum absolute atomic E-state index is 0. The third kappa shape index (κ3) is 4.88. The van der Waals surface area contributed by atoms with Gasteiger partial charge in [-0.2, -0.15) is 0 Å². The summed E-state index contributed by atoms with van der Waals surface area (Å²) < 4.78 is 26.2. The number of amides is 1. The van der Waals surface area contributed by atoms with Gasteiger partial charge >= 0.3 is 0 Å². The number of halogens is 3. The lowest BCUT2D eigenvalue weighted by Gasteiger charge is -2.31. The van der Waals surface area contributed by atoms with Crippen molar-refractivity contribution in [2.45, 2.75) is 45.1 Å². The van der Waals surface area contributed by atoms with Crippen molar-refractivity contribution in [2.24, 2.45) is 17.6 Å². The first kappa shape index (κ1) is 19.8. The lowest BCUT2D eigenvalue weighted by atomic mass is 9.90. The highest BCUT2D eigenvalue weighted by molar-refractivity contribution is 5.85. The van der Waals surface area contributed by atoms with Crippen LogP contribution in [0, 0.1) is 23.5 Å². The molecule has 1 aromatic rings. The molecule has 6 heteroatoms. The molecular weight excluding hydrogens is 322 g/mol. The number of hydrogen-bond donors (Lipinski definition) is 2. The summed E-state index contributed by atoms with van der Waals surface area (Å²) >= 11 is 0. The first-order valence-corrected chi connectivity index (χ1v) is 7.73. The Kier molecular flexibility index (Phi) is 6.54. The molecule has 0 aromatic heterocycles. The van der Waals surface area contributed by atoms with Gasteiger partial charge in [0.2, 0.25) is 5.91 Å². The molecule has 0 bridgehead atoms. The van der Waals surface area contributed by atoms with Crippen LogP contribution in [0.25, 0.3) is 0 Å². The second-order valence-electron chi connectivity index (χ2n) is 6.97. The number of nitrogens with one attached hydrogen (secondary N) is 1. The van der Waals surface area contributed by atoms with Crippen LogP contribution in [0.3, 0.4) is 0 Å². The summed E-state index contributed by atoms with van der Waals surface area (Å²) in [6.45, 7) is 6.49. The Balaban J connectivity index is 0.00000264. The first-order valence-electron chi connectivity index (χ1n) is 7.73. The minimum atomic E-state index is -0.866. The number of hydrogen-bond acceptors (Lipinski definition) is 2. The Bertz CT molecular complexity index is 568. The van der Waals surface area contributed by atoms with Crippen LogP contribution in [-0.4, -0.2) is 18.0 Å². The summed E-state index contributed by atoms with van der Waals surface area (Å²) in [5.41, 5.74) is 6.05. The van der Waals surface area contributed by atoms with Gasteiger partial charge in [-0.3, -0.25) is 4.79 Å². The molecule has 3 N–H and O–H groups in total. The lowest BCUT2D eigenvalue weighted by molar-refractivity contribution is -0.124. The second kappa shape index (κ2) is 7.58. The van der Waals surface area contributed by atoms with E-state index < -0.39 is 17.2 Å². The van der Waals surface area contributed by atoms with Crippen LogP contribution in [0.2, 0.25) is 0 Å². The molecule has 0 spiro atoms. The fourth-order valence-electron chi connectivity index (χ4n) is 3.07. The Morgan fingerprint density at radius 3 is 2.57 bits per heavy atom. The van der Waals surface area contributed by atoms with Gasteiger partial charge in [0.1, 0.15) is 0 Å². The number of carbonyl (C=O) groups excluding carboxylic acids is 1. The van der Waals surface area contributed by atoms with E-state index in [1.54, 1.807) is 6.07 Å². The first-order chi connectivity index (χ1) is 10.3. The van der Waals surface area contributed by atoms with Gasteiger partial charge < -0.3 is 11.1 Å². The van der Waals surface area contributed by atoms with E-state index in [0.29, 0.717) is 24.4 Å². The van der Waals surface area contributed by atoms with Crippen LogP contribution >= 0.6 is 12.4 Å². The van der Waals surface area contributed by atoms with Gasteiger partial charge in [-0.25, -0.2) is 8.78 Å². The fraction of sp³-hybridized carbons (Fsp3) is 0.588. The molecule has 3 nitrogen and oxygen atoms in total. The van der Waals surface area contributed by atoms with E-state index in [-0.39, 0.29) is 30.2 Å². The summed E-state index contributed by atoms with van der Waals surface area (Å²) in [6, 6.07) is 3.84. The van der Waals surface area contributed by atoms with Gasteiger partial charge in [0.05, 0.1) is 0 Å². The maximum atomic E-state index is 13.3. The maximum absolute atomic E-state index is 13.3.